The standard InChI is InChI=1S/C28H32N4O2/c1-5-30-23-15-25-21(13-17(23)3)28(22-14-18(4)24(31-6-2)16-26(22)34-25)20-10-8-7-9-19(20)27(33)32(28)12-11-29/h7-10,13-16,30-31H,5-6,11-12,29H2,1-4H3. The van der Waals surface area contributed by atoms with Gasteiger partial charge in [-0.25, -0.2) is 0 Å². The van der Waals surface area contributed by atoms with Gasteiger partial charge < -0.3 is 26.0 Å². The minimum atomic E-state index is -0.805. The molecule has 0 aliphatic carbocycles. The number of hydrogen-bond acceptors (Lipinski definition) is 5. The Morgan fingerprint density at radius 2 is 1.44 bits per heavy atom. The Hall–Kier alpha value is -3.51. The molecule has 0 unspecified atom stereocenters. The molecule has 176 valence electrons. The number of hydrogen-bond donors (Lipinski definition) is 3. The summed E-state index contributed by atoms with van der Waals surface area (Å²) < 4.78 is 6.58. The number of benzene rings is 3. The highest BCUT2D eigenvalue weighted by atomic mass is 16.5. The summed E-state index contributed by atoms with van der Waals surface area (Å²) in [6.07, 6.45) is 0. The van der Waals surface area contributed by atoms with Crippen LogP contribution < -0.4 is 21.1 Å². The van der Waals surface area contributed by atoms with Gasteiger partial charge in [0.15, 0.2) is 0 Å². The predicted molar refractivity (Wildman–Crippen MR) is 137 cm³/mol. The van der Waals surface area contributed by atoms with Gasteiger partial charge in [-0.2, -0.15) is 0 Å². The van der Waals surface area contributed by atoms with Gasteiger partial charge in [-0.3, -0.25) is 4.79 Å². The Kier molecular flexibility index (Phi) is 5.48. The topological polar surface area (TPSA) is 79.6 Å². The van der Waals surface area contributed by atoms with E-state index in [9.17, 15) is 4.79 Å². The molecule has 0 bridgehead atoms. The average molecular weight is 457 g/mol. The van der Waals surface area contributed by atoms with E-state index < -0.39 is 5.54 Å². The molecule has 0 atom stereocenters. The zero-order chi connectivity index (χ0) is 24.0. The molecule has 4 N–H and O–H groups in total. The molecule has 1 amide bonds. The SMILES string of the molecule is CCNc1cc2c(cc1C)C1(c3cc(C)c(NCC)cc3O2)c2ccccc2C(=O)N1CCN. The summed E-state index contributed by atoms with van der Waals surface area (Å²) in [6, 6.07) is 16.4. The maximum atomic E-state index is 13.8. The van der Waals surface area contributed by atoms with Crippen LogP contribution in [-0.2, 0) is 5.54 Å². The number of amides is 1. The highest BCUT2D eigenvalue weighted by molar-refractivity contribution is 6.02. The van der Waals surface area contributed by atoms with E-state index in [-0.39, 0.29) is 5.91 Å². The van der Waals surface area contributed by atoms with E-state index in [2.05, 4.69) is 68.7 Å². The Balaban J connectivity index is 1.89. The van der Waals surface area contributed by atoms with Gasteiger partial charge in [0.1, 0.15) is 17.0 Å². The molecular formula is C28H32N4O2. The van der Waals surface area contributed by atoms with Crippen molar-refractivity contribution >= 4 is 17.3 Å². The lowest BCUT2D eigenvalue weighted by molar-refractivity contribution is 0.0673. The molecule has 34 heavy (non-hydrogen) atoms. The molecule has 2 aliphatic rings. The molecule has 3 aromatic rings. The largest absolute Gasteiger partial charge is 0.456 e. The lowest BCUT2D eigenvalue weighted by Crippen LogP contribution is -2.49. The molecule has 0 aromatic heterocycles. The molecule has 0 saturated carbocycles. The maximum Gasteiger partial charge on any atom is 0.255 e. The van der Waals surface area contributed by atoms with E-state index in [0.29, 0.717) is 13.1 Å². The van der Waals surface area contributed by atoms with Gasteiger partial charge in [-0.1, -0.05) is 18.2 Å². The first kappa shape index (κ1) is 22.3. The molecule has 2 heterocycles. The van der Waals surface area contributed by atoms with Gasteiger partial charge in [0, 0.05) is 66.4 Å². The first-order valence-corrected chi connectivity index (χ1v) is 12.0. The average Bonchev–Trinajstić information content (AvgIpc) is 3.06. The second-order valence-electron chi connectivity index (χ2n) is 8.99. The van der Waals surface area contributed by atoms with Crippen LogP contribution in [0.5, 0.6) is 11.5 Å². The van der Waals surface area contributed by atoms with Crippen LogP contribution in [0.15, 0.2) is 48.5 Å². The highest BCUT2D eigenvalue weighted by Gasteiger charge is 2.56. The second kappa shape index (κ2) is 8.37. The van der Waals surface area contributed by atoms with E-state index in [1.54, 1.807) is 0 Å². The van der Waals surface area contributed by atoms with E-state index >= 15 is 0 Å². The first-order chi connectivity index (χ1) is 16.5. The number of fused-ring (bicyclic) bond motifs is 6. The van der Waals surface area contributed by atoms with Crippen molar-refractivity contribution in [2.75, 3.05) is 36.8 Å². The first-order valence-electron chi connectivity index (χ1n) is 12.0. The van der Waals surface area contributed by atoms with Crippen LogP contribution >= 0.6 is 0 Å². The van der Waals surface area contributed by atoms with Crippen molar-refractivity contribution in [1.82, 2.24) is 4.90 Å². The number of anilines is 2. The number of nitrogens with two attached hydrogens (primary N) is 1. The van der Waals surface area contributed by atoms with Gasteiger partial charge in [0.25, 0.3) is 5.91 Å². The molecule has 5 rings (SSSR count). The third-order valence-corrected chi connectivity index (χ3v) is 6.94. The second-order valence-corrected chi connectivity index (χ2v) is 8.99. The Morgan fingerprint density at radius 3 is 1.97 bits per heavy atom. The Morgan fingerprint density at radius 1 is 0.882 bits per heavy atom. The number of ether oxygens (including phenoxy) is 1. The highest BCUT2D eigenvalue weighted by Crippen LogP contribution is 2.58. The molecule has 6 heteroatoms. The minimum absolute atomic E-state index is 0.00155. The van der Waals surface area contributed by atoms with Crippen LogP contribution in [0.2, 0.25) is 0 Å². The third-order valence-electron chi connectivity index (χ3n) is 6.94. The van der Waals surface area contributed by atoms with Crippen molar-refractivity contribution < 1.29 is 9.53 Å². The zero-order valence-corrected chi connectivity index (χ0v) is 20.3. The van der Waals surface area contributed by atoms with Gasteiger partial charge >= 0.3 is 0 Å². The van der Waals surface area contributed by atoms with Crippen LogP contribution in [0, 0.1) is 13.8 Å². The molecule has 0 saturated heterocycles. The fourth-order valence-corrected chi connectivity index (χ4v) is 5.54. The van der Waals surface area contributed by atoms with Crippen LogP contribution in [0.1, 0.15) is 52.0 Å². The maximum absolute atomic E-state index is 13.8. The Bertz CT molecular complexity index is 1220. The lowest BCUT2D eigenvalue weighted by atomic mass is 9.73. The van der Waals surface area contributed by atoms with Crippen LogP contribution in [-0.4, -0.2) is 37.0 Å². The van der Waals surface area contributed by atoms with Crippen molar-refractivity contribution in [2.24, 2.45) is 5.73 Å². The molecular weight excluding hydrogens is 424 g/mol. The number of aryl methyl sites for hydroxylation is 2. The third kappa shape index (κ3) is 3.02. The van der Waals surface area contributed by atoms with E-state index in [0.717, 1.165) is 69.3 Å². The summed E-state index contributed by atoms with van der Waals surface area (Å²) >= 11 is 0. The molecule has 6 nitrogen and oxygen atoms in total. The number of nitrogens with one attached hydrogen (secondary N) is 2. The molecule has 0 fully saturated rings. The van der Waals surface area contributed by atoms with Crippen molar-refractivity contribution in [3.63, 3.8) is 0 Å². The van der Waals surface area contributed by atoms with Crippen molar-refractivity contribution in [2.45, 2.75) is 33.2 Å². The minimum Gasteiger partial charge on any atom is -0.456 e. The molecule has 0 radical (unpaired) electrons. The zero-order valence-electron chi connectivity index (χ0n) is 20.3. The summed E-state index contributed by atoms with van der Waals surface area (Å²) in [5, 5.41) is 6.88. The fraction of sp³-hybridized carbons (Fsp3) is 0.321. The monoisotopic (exact) mass is 456 g/mol. The number of nitrogens with zero attached hydrogens (tertiary/aromatic N) is 1. The number of carbonyl (C=O) groups is 1. The van der Waals surface area contributed by atoms with E-state index in [1.807, 2.05) is 23.1 Å². The molecule has 3 aromatic carbocycles. The number of rotatable bonds is 6. The predicted octanol–water partition coefficient (Wildman–Crippen LogP) is 4.98. The molecule has 2 aliphatic heterocycles. The number of carbonyl (C=O) groups excluding carboxylic acids is 1. The van der Waals surface area contributed by atoms with E-state index in [4.69, 9.17) is 10.5 Å². The normalized spacial score (nSPS) is 15.0. The van der Waals surface area contributed by atoms with Crippen LogP contribution in [0.3, 0.4) is 0 Å². The van der Waals surface area contributed by atoms with Gasteiger partial charge in [0.2, 0.25) is 0 Å². The summed E-state index contributed by atoms with van der Waals surface area (Å²) in [5.41, 5.74) is 13.2. The molecule has 1 spiro atoms. The lowest BCUT2D eigenvalue weighted by Gasteiger charge is -2.45. The van der Waals surface area contributed by atoms with Crippen LogP contribution in [0.25, 0.3) is 0 Å². The smallest absolute Gasteiger partial charge is 0.255 e. The summed E-state index contributed by atoms with van der Waals surface area (Å²) in [4.78, 5) is 15.7. The van der Waals surface area contributed by atoms with E-state index in [1.165, 1.54) is 0 Å². The summed E-state index contributed by atoms with van der Waals surface area (Å²) in [5.74, 6) is 1.51. The van der Waals surface area contributed by atoms with Crippen LogP contribution in [0.4, 0.5) is 11.4 Å². The van der Waals surface area contributed by atoms with Gasteiger partial charge in [-0.15, -0.1) is 0 Å². The van der Waals surface area contributed by atoms with Crippen molar-refractivity contribution in [3.05, 3.63) is 81.9 Å². The van der Waals surface area contributed by atoms with Crippen molar-refractivity contribution in [3.8, 4) is 11.5 Å². The van der Waals surface area contributed by atoms with Crippen molar-refractivity contribution in [1.29, 1.82) is 0 Å². The Labute approximate surface area is 201 Å². The van der Waals surface area contributed by atoms with Gasteiger partial charge in [-0.05, 0) is 62.6 Å². The quantitative estimate of drug-likeness (QED) is 0.488. The fourth-order valence-electron chi connectivity index (χ4n) is 5.54. The van der Waals surface area contributed by atoms with Gasteiger partial charge in [0.05, 0.1) is 0 Å². The summed E-state index contributed by atoms with van der Waals surface area (Å²) in [7, 11) is 0. The summed E-state index contributed by atoms with van der Waals surface area (Å²) in [6.45, 7) is 10.8.